The molecule has 9 nitrogen and oxygen atoms in total. The summed E-state index contributed by atoms with van der Waals surface area (Å²) >= 11 is 0. The van der Waals surface area contributed by atoms with Gasteiger partial charge in [-0.25, -0.2) is 18.0 Å². The summed E-state index contributed by atoms with van der Waals surface area (Å²) in [5.74, 6) is -1.62. The number of alkyl carbamates (subject to hydrolysis) is 1. The monoisotopic (exact) mass is 633 g/mol. The Morgan fingerprint density at radius 1 is 0.884 bits per heavy atom. The average Bonchev–Trinajstić information content (AvgIpc) is 2.89. The molecular formula is C32H47NO8SSi. The summed E-state index contributed by atoms with van der Waals surface area (Å²) in [6, 6.07) is 15.2. The highest BCUT2D eigenvalue weighted by molar-refractivity contribution is 7.92. The number of nitrogens with one attached hydrogen (secondary N) is 1. The molecule has 3 atom stereocenters. The highest BCUT2D eigenvalue weighted by Crippen LogP contribution is 2.38. The Morgan fingerprint density at radius 2 is 1.42 bits per heavy atom. The van der Waals surface area contributed by atoms with E-state index >= 15 is 0 Å². The van der Waals surface area contributed by atoms with Crippen molar-refractivity contribution in [3.05, 3.63) is 66.2 Å². The number of esters is 1. The topological polar surface area (TPSA) is 125 Å². The molecule has 0 spiro atoms. The van der Waals surface area contributed by atoms with E-state index in [0.29, 0.717) is 0 Å². The molecule has 0 aliphatic carbocycles. The van der Waals surface area contributed by atoms with E-state index in [9.17, 15) is 22.8 Å². The Morgan fingerprint density at radius 3 is 1.93 bits per heavy atom. The highest BCUT2D eigenvalue weighted by atomic mass is 32.2. The van der Waals surface area contributed by atoms with Gasteiger partial charge >= 0.3 is 12.1 Å². The molecule has 11 heteroatoms. The molecule has 0 saturated carbocycles. The molecule has 238 valence electrons. The molecule has 2 aromatic carbocycles. The van der Waals surface area contributed by atoms with E-state index in [4.69, 9.17) is 13.9 Å². The van der Waals surface area contributed by atoms with Crippen molar-refractivity contribution in [3.8, 4) is 0 Å². The van der Waals surface area contributed by atoms with Crippen LogP contribution in [-0.4, -0.2) is 57.6 Å². The lowest BCUT2D eigenvalue weighted by Gasteiger charge is -2.39. The number of Topliss-reactive ketones (excluding diaryl/α,β-unsaturated/α-hetero) is 1. The summed E-state index contributed by atoms with van der Waals surface area (Å²) in [7, 11) is -6.48. The first-order valence-electron chi connectivity index (χ1n) is 14.4. The van der Waals surface area contributed by atoms with E-state index in [1.54, 1.807) is 70.2 Å². The van der Waals surface area contributed by atoms with Gasteiger partial charge in [0, 0.05) is 12.5 Å². The number of amides is 1. The number of hydrogen-bond acceptors (Lipinski definition) is 8. The van der Waals surface area contributed by atoms with Crippen LogP contribution in [0, 0.1) is 0 Å². The van der Waals surface area contributed by atoms with Gasteiger partial charge in [-0.05, 0) is 69.9 Å². The largest absolute Gasteiger partial charge is 0.458 e. The van der Waals surface area contributed by atoms with Gasteiger partial charge in [0.05, 0.1) is 4.90 Å². The number of carbonyl (C=O) groups excluding carboxylic acids is 3. The maximum Gasteiger partial charge on any atom is 0.408 e. The molecule has 2 aromatic rings. The molecule has 0 heterocycles. The highest BCUT2D eigenvalue weighted by Gasteiger charge is 2.42. The molecule has 0 fully saturated rings. The third kappa shape index (κ3) is 11.2. The number of ether oxygens (including phenoxy) is 2. The summed E-state index contributed by atoms with van der Waals surface area (Å²) in [5, 5.41) is 0.762. The second kappa shape index (κ2) is 14.6. The predicted molar refractivity (Wildman–Crippen MR) is 169 cm³/mol. The van der Waals surface area contributed by atoms with Crippen molar-refractivity contribution in [2.45, 2.75) is 114 Å². The molecule has 1 amide bonds. The fourth-order valence-corrected chi connectivity index (χ4v) is 7.33. The number of carbonyl (C=O) groups is 3. The fraction of sp³-hybridized carbons (Fsp3) is 0.531. The van der Waals surface area contributed by atoms with Gasteiger partial charge in [0.15, 0.2) is 23.9 Å². The van der Waals surface area contributed by atoms with Crippen LogP contribution in [0.5, 0.6) is 0 Å². The first-order valence-corrected chi connectivity index (χ1v) is 18.9. The summed E-state index contributed by atoms with van der Waals surface area (Å²) in [5.41, 5.74) is -0.193. The van der Waals surface area contributed by atoms with Crippen molar-refractivity contribution in [1.82, 2.24) is 5.32 Å². The van der Waals surface area contributed by atoms with Crippen molar-refractivity contribution >= 4 is 36.0 Å². The van der Waals surface area contributed by atoms with Crippen molar-refractivity contribution < 1.29 is 36.7 Å². The Labute approximate surface area is 257 Å². The Balaban J connectivity index is 2.37. The zero-order valence-electron chi connectivity index (χ0n) is 26.8. The number of benzene rings is 2. The zero-order valence-corrected chi connectivity index (χ0v) is 28.6. The Hall–Kier alpha value is -3.02. The van der Waals surface area contributed by atoms with E-state index in [-0.39, 0.29) is 23.0 Å². The van der Waals surface area contributed by atoms with Gasteiger partial charge in [0.2, 0.25) is 0 Å². The van der Waals surface area contributed by atoms with Crippen LogP contribution in [0.2, 0.25) is 18.1 Å². The van der Waals surface area contributed by atoms with Crippen LogP contribution >= 0.6 is 0 Å². The van der Waals surface area contributed by atoms with Crippen molar-refractivity contribution in [1.29, 1.82) is 0 Å². The first-order chi connectivity index (χ1) is 19.7. The molecule has 2 rings (SSSR count). The summed E-state index contributed by atoms with van der Waals surface area (Å²) in [6.45, 7) is 17.0. The normalized spacial score (nSPS) is 14.7. The lowest BCUT2D eigenvalue weighted by Crippen LogP contribution is -2.48. The van der Waals surface area contributed by atoms with Gasteiger partial charge in [-0.15, -0.1) is 0 Å². The fourth-order valence-electron chi connectivity index (χ4n) is 4.04. The Bertz CT molecular complexity index is 1330. The van der Waals surface area contributed by atoms with Crippen LogP contribution in [0.3, 0.4) is 0 Å². The van der Waals surface area contributed by atoms with E-state index in [2.05, 4.69) is 39.2 Å². The van der Waals surface area contributed by atoms with Crippen molar-refractivity contribution in [2.75, 3.05) is 0 Å². The minimum Gasteiger partial charge on any atom is -0.458 e. The molecule has 0 saturated heterocycles. The molecule has 0 bridgehead atoms. The van der Waals surface area contributed by atoms with Gasteiger partial charge in [-0.2, -0.15) is 0 Å². The lowest BCUT2D eigenvalue weighted by molar-refractivity contribution is -0.158. The zero-order chi connectivity index (χ0) is 32.6. The average molecular weight is 634 g/mol. The van der Waals surface area contributed by atoms with E-state index in [0.717, 1.165) is 5.56 Å². The van der Waals surface area contributed by atoms with Crippen LogP contribution in [0.4, 0.5) is 4.79 Å². The van der Waals surface area contributed by atoms with Crippen molar-refractivity contribution in [3.63, 3.8) is 0 Å². The van der Waals surface area contributed by atoms with Gasteiger partial charge in [-0.1, -0.05) is 69.3 Å². The Kier molecular flexibility index (Phi) is 12.3. The van der Waals surface area contributed by atoms with E-state index < -0.39 is 65.4 Å². The SMILES string of the molecule is C[C@@H](CC(C(=O)C[C@H](NC(=O)OCc1ccccc1)C(=O)OC(C)(C)C)S(=O)(=O)c1ccccc1)O[Si](C)(C)C(C)(C)C. The third-order valence-electron chi connectivity index (χ3n) is 7.25. The maximum atomic E-state index is 13.9. The van der Waals surface area contributed by atoms with Crippen LogP contribution in [0.15, 0.2) is 65.6 Å². The number of hydrogen-bond donors (Lipinski definition) is 1. The molecule has 1 N–H and O–H groups in total. The standard InChI is InChI=1S/C32H47NO8SSi/c1-23(41-43(8,9)32(5,6)7)20-28(42(37,38)25-18-14-11-15-19-25)27(34)21-26(29(35)40-31(2,3)4)33-30(36)39-22-24-16-12-10-13-17-24/h10-19,23,26,28H,20-22H2,1-9H3,(H,33,36)/t23-,26-,28?/m0/s1. The maximum absolute atomic E-state index is 13.9. The molecule has 0 radical (unpaired) electrons. The molecule has 0 aliphatic rings. The summed E-state index contributed by atoms with van der Waals surface area (Å²) in [6.07, 6.45) is -2.25. The quantitative estimate of drug-likeness (QED) is 0.203. The van der Waals surface area contributed by atoms with E-state index in [1.165, 1.54) is 12.1 Å². The smallest absolute Gasteiger partial charge is 0.408 e. The summed E-state index contributed by atoms with van der Waals surface area (Å²) < 4.78 is 44.8. The number of sulfone groups is 1. The van der Waals surface area contributed by atoms with E-state index in [1.807, 2.05) is 6.07 Å². The molecule has 43 heavy (non-hydrogen) atoms. The van der Waals surface area contributed by atoms with Crippen LogP contribution in [-0.2, 0) is 39.9 Å². The molecule has 0 aliphatic heterocycles. The second-order valence-corrected chi connectivity index (χ2v) is 20.1. The van der Waals surface area contributed by atoms with Crippen LogP contribution in [0.25, 0.3) is 0 Å². The van der Waals surface area contributed by atoms with Crippen molar-refractivity contribution in [2.24, 2.45) is 0 Å². The van der Waals surface area contributed by atoms with Gasteiger partial charge < -0.3 is 19.2 Å². The molecular weight excluding hydrogens is 587 g/mol. The predicted octanol–water partition coefficient (Wildman–Crippen LogP) is 6.23. The summed E-state index contributed by atoms with van der Waals surface area (Å²) in [4.78, 5) is 39.7. The lowest BCUT2D eigenvalue weighted by atomic mass is 10.0. The van der Waals surface area contributed by atoms with Gasteiger partial charge in [-0.3, -0.25) is 4.79 Å². The van der Waals surface area contributed by atoms with Crippen LogP contribution in [0.1, 0.15) is 66.9 Å². The third-order valence-corrected chi connectivity index (χ3v) is 14.0. The van der Waals surface area contributed by atoms with Gasteiger partial charge in [0.25, 0.3) is 0 Å². The van der Waals surface area contributed by atoms with Gasteiger partial charge in [0.1, 0.15) is 23.5 Å². The minimum absolute atomic E-state index is 0.0167. The minimum atomic E-state index is -4.18. The second-order valence-electron chi connectivity index (χ2n) is 13.2. The molecule has 1 unspecified atom stereocenters. The van der Waals surface area contributed by atoms with Crippen LogP contribution < -0.4 is 5.32 Å². The number of rotatable bonds is 13. The number of ketones is 1. The molecule has 0 aromatic heterocycles. The first kappa shape index (κ1) is 36.2.